The van der Waals surface area contributed by atoms with Crippen LogP contribution in [0.3, 0.4) is 0 Å². The molecule has 0 atom stereocenters. The van der Waals surface area contributed by atoms with Crippen molar-refractivity contribution < 1.29 is 22.8 Å². The van der Waals surface area contributed by atoms with Crippen LogP contribution in [0.2, 0.25) is 0 Å². The highest BCUT2D eigenvalue weighted by Crippen LogP contribution is 2.35. The standard InChI is InChI=1S/C17H13N3O6S2/c21-20(22)12-2-1-3-13(9-12)28(23,24)19-17-18-14(10-27-17)11-4-5-15-16(8-11)26-7-6-25-15/h1-5,8-10H,6-7H2,(H,18,19). The zero-order valence-corrected chi connectivity index (χ0v) is 15.8. The lowest BCUT2D eigenvalue weighted by atomic mass is 10.1. The van der Waals surface area contributed by atoms with Crippen LogP contribution in [0.1, 0.15) is 0 Å². The quantitative estimate of drug-likeness (QED) is 0.497. The highest BCUT2D eigenvalue weighted by atomic mass is 32.2. The molecule has 3 aromatic rings. The SMILES string of the molecule is O=[N+]([O-])c1cccc(S(=O)(=O)Nc2nc(-c3ccc4c(c3)OCCO4)cs2)c1. The molecule has 28 heavy (non-hydrogen) atoms. The normalized spacial score (nSPS) is 13.1. The molecule has 0 fully saturated rings. The highest BCUT2D eigenvalue weighted by Gasteiger charge is 2.20. The Morgan fingerprint density at radius 3 is 2.68 bits per heavy atom. The third kappa shape index (κ3) is 3.62. The number of nitro benzene ring substituents is 1. The van der Waals surface area contributed by atoms with E-state index in [1.807, 2.05) is 0 Å². The zero-order valence-electron chi connectivity index (χ0n) is 14.2. The average molecular weight is 419 g/mol. The Balaban J connectivity index is 1.58. The summed E-state index contributed by atoms with van der Waals surface area (Å²) < 4.78 is 38.4. The number of sulfonamides is 1. The lowest BCUT2D eigenvalue weighted by Crippen LogP contribution is -2.15. The van der Waals surface area contributed by atoms with Crippen molar-refractivity contribution >= 4 is 32.2 Å². The van der Waals surface area contributed by atoms with E-state index in [-0.39, 0.29) is 15.7 Å². The van der Waals surface area contributed by atoms with E-state index in [0.717, 1.165) is 23.0 Å². The van der Waals surface area contributed by atoms with Crippen molar-refractivity contribution in [1.82, 2.24) is 4.98 Å². The van der Waals surface area contributed by atoms with Gasteiger partial charge in [-0.15, -0.1) is 11.3 Å². The Bertz CT molecular complexity index is 1160. The average Bonchev–Trinajstić information content (AvgIpc) is 3.15. The number of hydrogen-bond donors (Lipinski definition) is 1. The van der Waals surface area contributed by atoms with Crippen LogP contribution in [0.5, 0.6) is 11.5 Å². The summed E-state index contributed by atoms with van der Waals surface area (Å²) in [6.07, 6.45) is 0. The molecule has 1 aliphatic heterocycles. The van der Waals surface area contributed by atoms with Gasteiger partial charge in [-0.3, -0.25) is 14.8 Å². The molecule has 0 spiro atoms. The van der Waals surface area contributed by atoms with Gasteiger partial charge in [-0.05, 0) is 24.3 Å². The maximum atomic E-state index is 12.5. The summed E-state index contributed by atoms with van der Waals surface area (Å²) in [6.45, 7) is 0.953. The number of aromatic nitrogens is 1. The lowest BCUT2D eigenvalue weighted by molar-refractivity contribution is -0.385. The van der Waals surface area contributed by atoms with Crippen LogP contribution in [-0.2, 0) is 10.0 Å². The predicted molar refractivity (Wildman–Crippen MR) is 102 cm³/mol. The number of rotatable bonds is 5. The van der Waals surface area contributed by atoms with Crippen LogP contribution in [0.25, 0.3) is 11.3 Å². The summed E-state index contributed by atoms with van der Waals surface area (Å²) in [6, 6.07) is 10.2. The van der Waals surface area contributed by atoms with E-state index in [2.05, 4.69) is 9.71 Å². The first-order chi connectivity index (χ1) is 13.4. The zero-order chi connectivity index (χ0) is 19.7. The first-order valence-corrected chi connectivity index (χ1v) is 10.4. The van der Waals surface area contributed by atoms with E-state index < -0.39 is 14.9 Å². The number of non-ortho nitro benzene ring substituents is 1. The number of benzene rings is 2. The molecule has 11 heteroatoms. The van der Waals surface area contributed by atoms with E-state index in [9.17, 15) is 18.5 Å². The van der Waals surface area contributed by atoms with E-state index in [1.54, 1.807) is 23.6 Å². The Hall–Kier alpha value is -3.18. The first kappa shape index (κ1) is 18.2. The van der Waals surface area contributed by atoms with Crippen molar-refractivity contribution in [3.63, 3.8) is 0 Å². The van der Waals surface area contributed by atoms with Crippen molar-refractivity contribution in [3.8, 4) is 22.8 Å². The van der Waals surface area contributed by atoms with Crippen LogP contribution >= 0.6 is 11.3 Å². The number of nitrogens with zero attached hydrogens (tertiary/aromatic N) is 2. The Labute approximate surface area is 163 Å². The van der Waals surface area contributed by atoms with Crippen LogP contribution in [0, 0.1) is 10.1 Å². The minimum absolute atomic E-state index is 0.149. The van der Waals surface area contributed by atoms with Crippen LogP contribution < -0.4 is 14.2 Å². The fourth-order valence-electron chi connectivity index (χ4n) is 2.59. The molecule has 4 rings (SSSR count). The third-order valence-corrected chi connectivity index (χ3v) is 6.13. The molecule has 0 amide bonds. The van der Waals surface area contributed by atoms with Gasteiger partial charge in [0.25, 0.3) is 15.7 Å². The third-order valence-electron chi connectivity index (χ3n) is 3.90. The molecular formula is C17H13N3O6S2. The minimum Gasteiger partial charge on any atom is -0.486 e. The number of hydrogen-bond acceptors (Lipinski definition) is 8. The summed E-state index contributed by atoms with van der Waals surface area (Å²) in [5.74, 6) is 1.26. The molecule has 1 aromatic heterocycles. The molecule has 0 saturated heterocycles. The molecular weight excluding hydrogens is 406 g/mol. The number of nitrogens with one attached hydrogen (secondary N) is 1. The number of nitro groups is 1. The van der Waals surface area contributed by atoms with Gasteiger partial charge in [-0.2, -0.15) is 0 Å². The monoisotopic (exact) mass is 419 g/mol. The van der Waals surface area contributed by atoms with Gasteiger partial charge < -0.3 is 9.47 Å². The first-order valence-electron chi connectivity index (χ1n) is 8.05. The molecule has 0 aliphatic carbocycles. The number of fused-ring (bicyclic) bond motifs is 1. The number of thiazole rings is 1. The Kier molecular flexibility index (Phi) is 4.61. The number of anilines is 1. The molecule has 0 radical (unpaired) electrons. The molecule has 0 bridgehead atoms. The van der Waals surface area contributed by atoms with Gasteiger partial charge >= 0.3 is 0 Å². The Morgan fingerprint density at radius 1 is 1.11 bits per heavy atom. The topological polar surface area (TPSA) is 121 Å². The van der Waals surface area contributed by atoms with Crippen molar-refractivity contribution in [2.45, 2.75) is 4.90 Å². The maximum Gasteiger partial charge on any atom is 0.270 e. The smallest absolute Gasteiger partial charge is 0.270 e. The summed E-state index contributed by atoms with van der Waals surface area (Å²) in [5.41, 5.74) is 1.01. The fourth-order valence-corrected chi connectivity index (χ4v) is 4.61. The Morgan fingerprint density at radius 2 is 1.89 bits per heavy atom. The molecule has 144 valence electrons. The van der Waals surface area contributed by atoms with Gasteiger partial charge in [0.2, 0.25) is 0 Å². The van der Waals surface area contributed by atoms with Crippen LogP contribution in [-0.4, -0.2) is 31.5 Å². The van der Waals surface area contributed by atoms with Gasteiger partial charge in [-0.25, -0.2) is 13.4 Å². The van der Waals surface area contributed by atoms with E-state index in [4.69, 9.17) is 9.47 Å². The molecule has 0 saturated carbocycles. The summed E-state index contributed by atoms with van der Waals surface area (Å²) >= 11 is 1.11. The molecule has 9 nitrogen and oxygen atoms in total. The largest absolute Gasteiger partial charge is 0.486 e. The second kappa shape index (κ2) is 7.09. The summed E-state index contributed by atoms with van der Waals surface area (Å²) in [7, 11) is -4.00. The number of ether oxygens (including phenoxy) is 2. The fraction of sp³-hybridized carbons (Fsp3) is 0.118. The molecule has 2 aromatic carbocycles. The van der Waals surface area contributed by atoms with Gasteiger partial charge in [0, 0.05) is 23.1 Å². The second-order valence-electron chi connectivity index (χ2n) is 5.76. The van der Waals surface area contributed by atoms with Crippen molar-refractivity contribution in [2.75, 3.05) is 17.9 Å². The highest BCUT2D eigenvalue weighted by molar-refractivity contribution is 7.93. The van der Waals surface area contributed by atoms with Crippen molar-refractivity contribution in [1.29, 1.82) is 0 Å². The van der Waals surface area contributed by atoms with Gasteiger partial charge in [0.1, 0.15) is 13.2 Å². The molecule has 1 N–H and O–H groups in total. The van der Waals surface area contributed by atoms with Crippen LogP contribution in [0.15, 0.2) is 52.7 Å². The van der Waals surface area contributed by atoms with Crippen molar-refractivity contribution in [2.24, 2.45) is 0 Å². The van der Waals surface area contributed by atoms with E-state index >= 15 is 0 Å². The summed E-state index contributed by atoms with van der Waals surface area (Å²) in [4.78, 5) is 14.3. The van der Waals surface area contributed by atoms with Gasteiger partial charge in [0.15, 0.2) is 16.6 Å². The van der Waals surface area contributed by atoms with E-state index in [1.165, 1.54) is 18.2 Å². The lowest BCUT2D eigenvalue weighted by Gasteiger charge is -2.18. The van der Waals surface area contributed by atoms with Gasteiger partial charge in [-0.1, -0.05) is 6.07 Å². The maximum absolute atomic E-state index is 12.5. The minimum atomic E-state index is -4.00. The van der Waals surface area contributed by atoms with Gasteiger partial charge in [0.05, 0.1) is 15.5 Å². The molecule has 0 unspecified atom stereocenters. The van der Waals surface area contributed by atoms with E-state index in [0.29, 0.717) is 30.4 Å². The van der Waals surface area contributed by atoms with Crippen molar-refractivity contribution in [3.05, 3.63) is 58.0 Å². The molecule has 2 heterocycles. The summed E-state index contributed by atoms with van der Waals surface area (Å²) in [5, 5.41) is 12.7. The predicted octanol–water partition coefficient (Wildman–Crippen LogP) is 3.29. The van der Waals surface area contributed by atoms with Crippen LogP contribution in [0.4, 0.5) is 10.8 Å². The second-order valence-corrected chi connectivity index (χ2v) is 8.30. The molecule has 1 aliphatic rings.